The molecule has 1 aliphatic heterocycles. The number of hydrogen-bond acceptors (Lipinski definition) is 4. The Kier molecular flexibility index (Phi) is 4.71. The van der Waals surface area contributed by atoms with Crippen molar-refractivity contribution < 1.29 is 19.4 Å². The number of amides is 1. The standard InChI is InChI=1S/C22H31NO4/c1-21(2)15-12-17-19(14-5-4-6-16(24)11-14)27-10-8-22(17,13-15)20(21)23-18(25)7-9-26-3/h4-6,11,15,17,19-20,24H,7-10,12-13H2,1-3H3,(H,23,25)/t15-,17-,19-,20+,22-/m1/s1. The van der Waals surface area contributed by atoms with Gasteiger partial charge in [-0.05, 0) is 59.6 Å². The van der Waals surface area contributed by atoms with Gasteiger partial charge in [0.25, 0.3) is 0 Å². The smallest absolute Gasteiger partial charge is 0.222 e. The number of hydrogen-bond donors (Lipinski definition) is 2. The molecule has 0 aromatic heterocycles. The quantitative estimate of drug-likeness (QED) is 0.830. The molecule has 5 nitrogen and oxygen atoms in total. The number of phenolic OH excluding ortho intramolecular Hbond substituents is 1. The van der Waals surface area contributed by atoms with Crippen molar-refractivity contribution in [2.45, 2.75) is 51.7 Å². The molecule has 4 rings (SSSR count). The number of carbonyl (C=O) groups excluding carboxylic acids is 1. The van der Waals surface area contributed by atoms with Gasteiger partial charge in [-0.15, -0.1) is 0 Å². The van der Waals surface area contributed by atoms with Gasteiger partial charge in [0, 0.05) is 26.2 Å². The lowest BCUT2D eigenvalue weighted by Crippen LogP contribution is -2.59. The van der Waals surface area contributed by atoms with E-state index in [1.54, 1.807) is 13.2 Å². The molecule has 1 aromatic carbocycles. The highest BCUT2D eigenvalue weighted by molar-refractivity contribution is 5.76. The van der Waals surface area contributed by atoms with Gasteiger partial charge in [-0.25, -0.2) is 0 Å². The highest BCUT2D eigenvalue weighted by atomic mass is 16.5. The molecule has 1 spiro atoms. The SMILES string of the molecule is COCCC(=O)N[C@H]1C(C)(C)[C@@H]2C[C@@H]3[C@@H](c4cccc(O)c4)OCC[C@@]31C2. The summed E-state index contributed by atoms with van der Waals surface area (Å²) in [5.74, 6) is 1.31. The predicted molar refractivity (Wildman–Crippen MR) is 102 cm³/mol. The number of nitrogens with one attached hydrogen (secondary N) is 1. The largest absolute Gasteiger partial charge is 0.508 e. The zero-order chi connectivity index (χ0) is 19.2. The molecule has 0 unspecified atom stereocenters. The molecule has 0 radical (unpaired) electrons. The lowest BCUT2D eigenvalue weighted by molar-refractivity contribution is -0.137. The van der Waals surface area contributed by atoms with Crippen molar-refractivity contribution in [3.05, 3.63) is 29.8 Å². The lowest BCUT2D eigenvalue weighted by Gasteiger charge is -2.53. The van der Waals surface area contributed by atoms with Crippen molar-refractivity contribution in [1.29, 1.82) is 0 Å². The van der Waals surface area contributed by atoms with E-state index in [9.17, 15) is 9.90 Å². The van der Waals surface area contributed by atoms with Crippen LogP contribution in [0, 0.1) is 22.7 Å². The van der Waals surface area contributed by atoms with E-state index < -0.39 is 0 Å². The molecule has 1 heterocycles. The Morgan fingerprint density at radius 3 is 2.96 bits per heavy atom. The van der Waals surface area contributed by atoms with Crippen LogP contribution in [0.5, 0.6) is 5.75 Å². The zero-order valence-corrected chi connectivity index (χ0v) is 16.5. The molecule has 1 aromatic rings. The van der Waals surface area contributed by atoms with Gasteiger partial charge in [-0.2, -0.15) is 0 Å². The topological polar surface area (TPSA) is 67.8 Å². The van der Waals surface area contributed by atoms with Crippen LogP contribution in [0.15, 0.2) is 24.3 Å². The summed E-state index contributed by atoms with van der Waals surface area (Å²) in [5.41, 5.74) is 1.21. The van der Waals surface area contributed by atoms with Gasteiger partial charge in [-0.1, -0.05) is 26.0 Å². The molecule has 1 amide bonds. The van der Waals surface area contributed by atoms with E-state index in [2.05, 4.69) is 19.2 Å². The maximum absolute atomic E-state index is 12.5. The summed E-state index contributed by atoms with van der Waals surface area (Å²) in [6.07, 6.45) is 3.66. The fourth-order valence-corrected chi connectivity index (χ4v) is 6.25. The van der Waals surface area contributed by atoms with E-state index in [4.69, 9.17) is 9.47 Å². The third-order valence-corrected chi connectivity index (χ3v) is 7.54. The number of benzene rings is 1. The average molecular weight is 373 g/mol. The predicted octanol–water partition coefficient (Wildman–Crippen LogP) is 3.43. The van der Waals surface area contributed by atoms with Crippen molar-refractivity contribution in [3.63, 3.8) is 0 Å². The minimum atomic E-state index is -0.00896. The molecular formula is C22H31NO4. The first-order valence-electron chi connectivity index (χ1n) is 10.1. The third-order valence-electron chi connectivity index (χ3n) is 7.54. The summed E-state index contributed by atoms with van der Waals surface area (Å²) in [6.45, 7) is 5.77. The summed E-state index contributed by atoms with van der Waals surface area (Å²) in [7, 11) is 1.63. The molecule has 5 heteroatoms. The zero-order valence-electron chi connectivity index (χ0n) is 16.5. The molecule has 2 bridgehead atoms. The second kappa shape index (κ2) is 6.78. The van der Waals surface area contributed by atoms with Crippen molar-refractivity contribution in [2.24, 2.45) is 22.7 Å². The van der Waals surface area contributed by atoms with Crippen molar-refractivity contribution >= 4 is 5.91 Å². The highest BCUT2D eigenvalue weighted by Gasteiger charge is 2.68. The summed E-state index contributed by atoms with van der Waals surface area (Å²) in [4.78, 5) is 12.5. The van der Waals surface area contributed by atoms with Gasteiger partial charge >= 0.3 is 0 Å². The van der Waals surface area contributed by atoms with E-state index in [1.807, 2.05) is 18.2 Å². The van der Waals surface area contributed by atoms with Crippen LogP contribution < -0.4 is 5.32 Å². The van der Waals surface area contributed by atoms with Gasteiger partial charge in [0.2, 0.25) is 5.91 Å². The van der Waals surface area contributed by atoms with Crippen LogP contribution in [0.25, 0.3) is 0 Å². The van der Waals surface area contributed by atoms with Crippen LogP contribution >= 0.6 is 0 Å². The molecule has 27 heavy (non-hydrogen) atoms. The first kappa shape index (κ1) is 18.8. The summed E-state index contributed by atoms with van der Waals surface area (Å²) in [5, 5.41) is 13.3. The van der Waals surface area contributed by atoms with Gasteiger partial charge in [0.1, 0.15) is 5.75 Å². The van der Waals surface area contributed by atoms with Crippen molar-refractivity contribution in [2.75, 3.05) is 20.3 Å². The van der Waals surface area contributed by atoms with E-state index >= 15 is 0 Å². The number of phenols is 1. The Morgan fingerprint density at radius 2 is 2.22 bits per heavy atom. The van der Waals surface area contributed by atoms with E-state index in [-0.39, 0.29) is 34.6 Å². The molecule has 2 saturated carbocycles. The Morgan fingerprint density at radius 1 is 1.41 bits per heavy atom. The normalized spacial score (nSPS) is 36.4. The van der Waals surface area contributed by atoms with E-state index in [0.717, 1.165) is 24.8 Å². The lowest BCUT2D eigenvalue weighted by atomic mass is 9.59. The fourth-order valence-electron chi connectivity index (χ4n) is 6.25. The molecule has 1 saturated heterocycles. The number of rotatable bonds is 5. The second-order valence-electron chi connectivity index (χ2n) is 9.18. The molecule has 5 atom stereocenters. The summed E-state index contributed by atoms with van der Waals surface area (Å²) < 4.78 is 11.3. The first-order chi connectivity index (χ1) is 12.9. The molecule has 2 N–H and O–H groups in total. The van der Waals surface area contributed by atoms with Crippen LogP contribution in [0.2, 0.25) is 0 Å². The minimum Gasteiger partial charge on any atom is -0.508 e. The van der Waals surface area contributed by atoms with Crippen LogP contribution in [0.4, 0.5) is 0 Å². The maximum Gasteiger partial charge on any atom is 0.222 e. The number of methoxy groups -OCH3 is 1. The van der Waals surface area contributed by atoms with Crippen LogP contribution in [0.3, 0.4) is 0 Å². The number of fused-ring (bicyclic) bond motifs is 1. The fraction of sp³-hybridized carbons (Fsp3) is 0.682. The highest BCUT2D eigenvalue weighted by Crippen LogP contribution is 2.70. The number of ether oxygens (including phenoxy) is 2. The Bertz CT molecular complexity index is 718. The van der Waals surface area contributed by atoms with Crippen LogP contribution in [0.1, 0.15) is 51.2 Å². The van der Waals surface area contributed by atoms with Crippen molar-refractivity contribution in [1.82, 2.24) is 5.32 Å². The number of aromatic hydroxyl groups is 1. The van der Waals surface area contributed by atoms with Crippen molar-refractivity contribution in [3.8, 4) is 5.75 Å². The van der Waals surface area contributed by atoms with Crippen LogP contribution in [-0.2, 0) is 14.3 Å². The Labute approximate surface area is 161 Å². The van der Waals surface area contributed by atoms with Gasteiger partial charge in [0.15, 0.2) is 0 Å². The minimum absolute atomic E-state index is 0.00896. The summed E-state index contributed by atoms with van der Waals surface area (Å²) in [6, 6.07) is 7.61. The van der Waals surface area contributed by atoms with Crippen LogP contribution in [-0.4, -0.2) is 37.4 Å². The first-order valence-corrected chi connectivity index (χ1v) is 10.1. The monoisotopic (exact) mass is 373 g/mol. The molecule has 148 valence electrons. The Balaban J connectivity index is 1.63. The molecule has 2 aliphatic carbocycles. The van der Waals surface area contributed by atoms with Gasteiger partial charge < -0.3 is 19.9 Å². The second-order valence-corrected chi connectivity index (χ2v) is 9.18. The maximum atomic E-state index is 12.5. The summed E-state index contributed by atoms with van der Waals surface area (Å²) >= 11 is 0. The van der Waals surface area contributed by atoms with Gasteiger partial charge in [0.05, 0.1) is 12.7 Å². The molecular weight excluding hydrogens is 342 g/mol. The number of carbonyl (C=O) groups is 1. The molecule has 3 fully saturated rings. The average Bonchev–Trinajstić information content (AvgIpc) is 3.12. The Hall–Kier alpha value is -1.59. The van der Waals surface area contributed by atoms with E-state index in [0.29, 0.717) is 31.5 Å². The molecule has 3 aliphatic rings. The van der Waals surface area contributed by atoms with E-state index in [1.165, 1.54) is 0 Å². The van der Waals surface area contributed by atoms with Gasteiger partial charge in [-0.3, -0.25) is 4.79 Å². The third kappa shape index (κ3) is 2.95.